The summed E-state index contributed by atoms with van der Waals surface area (Å²) >= 11 is 0. The summed E-state index contributed by atoms with van der Waals surface area (Å²) in [6, 6.07) is 21.5. The molecule has 184 valence electrons. The number of benzene rings is 2. The molecule has 10 heteroatoms. The average molecular weight is 491 g/mol. The molecule has 0 unspecified atom stereocenters. The molecule has 2 amide bonds. The Labute approximate surface area is 216 Å². The molecule has 1 aliphatic rings. The Balaban J connectivity index is 1.45. The molecule has 2 radical (unpaired) electrons. The SMILES string of the molecule is [B]C(=O)N1CCN(C(=O)c2cn(-c3ccnc(N[C@@H](C)c4ccccc4)n3)c(-c3ccccc3)n2)CC1. The minimum atomic E-state index is -0.475. The largest absolute Gasteiger partial charge is 0.349 e. The summed E-state index contributed by atoms with van der Waals surface area (Å²) < 4.78 is 1.81. The lowest BCUT2D eigenvalue weighted by atomic mass is 10.1. The number of nitrogens with zero attached hydrogens (tertiary/aromatic N) is 6. The fourth-order valence-electron chi connectivity index (χ4n) is 4.31. The highest BCUT2D eigenvalue weighted by molar-refractivity contribution is 6.56. The third-order valence-corrected chi connectivity index (χ3v) is 6.37. The molecular weight excluding hydrogens is 465 g/mol. The van der Waals surface area contributed by atoms with Gasteiger partial charge < -0.3 is 15.1 Å². The van der Waals surface area contributed by atoms with E-state index in [-0.39, 0.29) is 11.9 Å². The third kappa shape index (κ3) is 5.38. The normalized spacial score (nSPS) is 14.3. The van der Waals surface area contributed by atoms with Crippen molar-refractivity contribution in [3.05, 3.63) is 90.4 Å². The van der Waals surface area contributed by atoms with Gasteiger partial charge in [-0.1, -0.05) is 60.7 Å². The Kier molecular flexibility index (Phi) is 6.98. The van der Waals surface area contributed by atoms with Crippen LogP contribution < -0.4 is 5.32 Å². The Morgan fingerprint density at radius 1 is 0.892 bits per heavy atom. The molecule has 1 saturated heterocycles. The van der Waals surface area contributed by atoms with Crippen molar-refractivity contribution in [1.29, 1.82) is 0 Å². The maximum Gasteiger partial charge on any atom is 0.274 e. The van der Waals surface area contributed by atoms with Crippen LogP contribution in [0.1, 0.15) is 29.0 Å². The minimum absolute atomic E-state index is 0.00374. The molecular formula is C27H26BN7O2. The smallest absolute Gasteiger partial charge is 0.274 e. The number of nitrogens with one attached hydrogen (secondary N) is 1. The van der Waals surface area contributed by atoms with Crippen molar-refractivity contribution in [2.75, 3.05) is 31.5 Å². The lowest BCUT2D eigenvalue weighted by molar-refractivity contribution is 0.0671. The fourth-order valence-corrected chi connectivity index (χ4v) is 4.31. The van der Waals surface area contributed by atoms with E-state index >= 15 is 0 Å². The third-order valence-electron chi connectivity index (χ3n) is 6.37. The number of hydrogen-bond acceptors (Lipinski definition) is 6. The maximum absolute atomic E-state index is 13.3. The predicted octanol–water partition coefficient (Wildman–Crippen LogP) is 3.55. The first-order valence-corrected chi connectivity index (χ1v) is 12.1. The number of carbonyl (C=O) groups is 2. The monoisotopic (exact) mass is 491 g/mol. The van der Waals surface area contributed by atoms with Crippen LogP contribution in [0.4, 0.5) is 10.7 Å². The van der Waals surface area contributed by atoms with E-state index in [4.69, 9.17) is 17.8 Å². The Morgan fingerprint density at radius 3 is 2.22 bits per heavy atom. The van der Waals surface area contributed by atoms with E-state index in [9.17, 15) is 9.59 Å². The second-order valence-corrected chi connectivity index (χ2v) is 8.82. The summed E-state index contributed by atoms with van der Waals surface area (Å²) in [5, 5.41) is 3.35. The lowest BCUT2D eigenvalue weighted by Gasteiger charge is -2.34. The molecule has 5 rings (SSSR count). The molecule has 1 aliphatic heterocycles. The maximum atomic E-state index is 13.3. The van der Waals surface area contributed by atoms with E-state index in [1.807, 2.05) is 72.2 Å². The predicted molar refractivity (Wildman–Crippen MR) is 142 cm³/mol. The van der Waals surface area contributed by atoms with Gasteiger partial charge in [-0.2, -0.15) is 4.98 Å². The van der Waals surface area contributed by atoms with Gasteiger partial charge in [0.25, 0.3) is 5.91 Å². The zero-order valence-electron chi connectivity index (χ0n) is 20.5. The number of imidazole rings is 1. The van der Waals surface area contributed by atoms with E-state index in [1.165, 1.54) is 4.90 Å². The fraction of sp³-hybridized carbons (Fsp3) is 0.222. The molecule has 9 nitrogen and oxygen atoms in total. The number of anilines is 1. The second-order valence-electron chi connectivity index (χ2n) is 8.82. The van der Waals surface area contributed by atoms with Crippen LogP contribution in [0, 0.1) is 0 Å². The summed E-state index contributed by atoms with van der Waals surface area (Å²) in [6.07, 6.45) is 3.39. The van der Waals surface area contributed by atoms with Crippen molar-refractivity contribution in [3.63, 3.8) is 0 Å². The van der Waals surface area contributed by atoms with Crippen LogP contribution in [-0.4, -0.2) is 75.1 Å². The van der Waals surface area contributed by atoms with Crippen molar-refractivity contribution >= 4 is 25.5 Å². The molecule has 1 N–H and O–H groups in total. The van der Waals surface area contributed by atoms with Crippen LogP contribution in [0.5, 0.6) is 0 Å². The van der Waals surface area contributed by atoms with E-state index in [0.717, 1.165) is 11.1 Å². The van der Waals surface area contributed by atoms with Crippen molar-refractivity contribution in [2.24, 2.45) is 0 Å². The van der Waals surface area contributed by atoms with Crippen LogP contribution in [-0.2, 0) is 0 Å². The molecule has 0 bridgehead atoms. The number of carbonyl (C=O) groups excluding carboxylic acids is 2. The van der Waals surface area contributed by atoms with E-state index in [2.05, 4.69) is 10.3 Å². The molecule has 2 aromatic heterocycles. The highest BCUT2D eigenvalue weighted by Crippen LogP contribution is 2.24. The van der Waals surface area contributed by atoms with E-state index < -0.39 is 5.81 Å². The summed E-state index contributed by atoms with van der Waals surface area (Å²) in [5.74, 6) is 0.974. The number of aromatic nitrogens is 4. The van der Waals surface area contributed by atoms with Gasteiger partial charge in [-0.05, 0) is 18.6 Å². The topological polar surface area (TPSA) is 96.2 Å². The van der Waals surface area contributed by atoms with Crippen LogP contribution in [0.15, 0.2) is 79.1 Å². The summed E-state index contributed by atoms with van der Waals surface area (Å²) in [6.45, 7) is 3.64. The number of rotatable bonds is 6. The quantitative estimate of drug-likeness (QED) is 0.415. The Bertz CT molecular complexity index is 1390. The highest BCUT2D eigenvalue weighted by Gasteiger charge is 2.26. The van der Waals surface area contributed by atoms with Gasteiger partial charge in [0.1, 0.15) is 17.3 Å². The van der Waals surface area contributed by atoms with Gasteiger partial charge in [-0.15, -0.1) is 0 Å². The van der Waals surface area contributed by atoms with E-state index in [0.29, 0.717) is 49.5 Å². The molecule has 0 aliphatic carbocycles. The Morgan fingerprint density at radius 2 is 1.54 bits per heavy atom. The van der Waals surface area contributed by atoms with Crippen LogP contribution in [0.25, 0.3) is 17.2 Å². The van der Waals surface area contributed by atoms with Gasteiger partial charge in [0, 0.05) is 44.1 Å². The van der Waals surface area contributed by atoms with Gasteiger partial charge >= 0.3 is 0 Å². The van der Waals surface area contributed by atoms with E-state index in [1.54, 1.807) is 23.4 Å². The van der Waals surface area contributed by atoms with Crippen LogP contribution in [0.2, 0.25) is 0 Å². The summed E-state index contributed by atoms with van der Waals surface area (Å²) in [5.41, 5.74) is 2.27. The van der Waals surface area contributed by atoms with Gasteiger partial charge in [0.2, 0.25) is 13.8 Å². The van der Waals surface area contributed by atoms with Gasteiger partial charge in [0.05, 0.1) is 6.04 Å². The summed E-state index contributed by atoms with van der Waals surface area (Å²) in [4.78, 5) is 41.8. The first-order valence-electron chi connectivity index (χ1n) is 12.1. The highest BCUT2D eigenvalue weighted by atomic mass is 16.2. The molecule has 1 fully saturated rings. The number of piperazine rings is 1. The molecule has 1 atom stereocenters. The zero-order chi connectivity index (χ0) is 25.8. The molecule has 37 heavy (non-hydrogen) atoms. The van der Waals surface area contributed by atoms with Gasteiger partial charge in [-0.3, -0.25) is 14.2 Å². The second kappa shape index (κ2) is 10.7. The van der Waals surface area contributed by atoms with Gasteiger partial charge in [-0.25, -0.2) is 9.97 Å². The summed E-state index contributed by atoms with van der Waals surface area (Å²) in [7, 11) is 5.38. The molecule has 0 spiro atoms. The van der Waals surface area contributed by atoms with Gasteiger partial charge in [0.15, 0.2) is 5.81 Å². The average Bonchev–Trinajstić information content (AvgIpc) is 3.39. The van der Waals surface area contributed by atoms with Crippen molar-refractivity contribution < 1.29 is 9.59 Å². The molecule has 2 aromatic carbocycles. The van der Waals surface area contributed by atoms with Crippen LogP contribution >= 0.6 is 0 Å². The first-order chi connectivity index (χ1) is 18.0. The Hall–Kier alpha value is -4.47. The number of hydrogen-bond donors (Lipinski definition) is 1. The van der Waals surface area contributed by atoms with Crippen molar-refractivity contribution in [2.45, 2.75) is 13.0 Å². The minimum Gasteiger partial charge on any atom is -0.349 e. The zero-order valence-corrected chi connectivity index (χ0v) is 20.5. The lowest BCUT2D eigenvalue weighted by Crippen LogP contribution is -2.50. The van der Waals surface area contributed by atoms with Crippen molar-refractivity contribution in [1.82, 2.24) is 29.3 Å². The molecule has 4 aromatic rings. The first kappa shape index (κ1) is 24.2. The standard InChI is InChI=1S/C27H26BN7O2/c1-19(20-8-4-2-5-9-20)30-27-29-13-12-23(32-27)35-18-22(31-24(35)21-10-6-3-7-11-21)25(36)33-14-16-34(17-15-33)26(28)37/h2-13,18-19H,14-17H2,1H3,(H,29,30,32)/t19-/m0/s1. The number of amides is 2. The van der Waals surface area contributed by atoms with Crippen molar-refractivity contribution in [3.8, 4) is 17.2 Å². The molecule has 0 saturated carbocycles. The van der Waals surface area contributed by atoms with Crippen LogP contribution in [0.3, 0.4) is 0 Å². The molecule has 3 heterocycles.